The lowest BCUT2D eigenvalue weighted by Crippen LogP contribution is -2.44. The van der Waals surface area contributed by atoms with Crippen molar-refractivity contribution in [3.8, 4) is 0 Å². The van der Waals surface area contributed by atoms with E-state index in [0.717, 1.165) is 127 Å². The van der Waals surface area contributed by atoms with E-state index in [1.54, 1.807) is 0 Å². The van der Waals surface area contributed by atoms with Crippen molar-refractivity contribution in [3.05, 3.63) is 191 Å². The molecule has 4 saturated heterocycles. The minimum Gasteiger partial charge on any atom is -0.389 e. The van der Waals surface area contributed by atoms with Crippen LogP contribution in [0.1, 0.15) is 109 Å². The van der Waals surface area contributed by atoms with Crippen LogP contribution in [0.5, 0.6) is 0 Å². The first-order chi connectivity index (χ1) is 31.4. The maximum Gasteiger partial charge on any atom is 0.260 e. The summed E-state index contributed by atoms with van der Waals surface area (Å²) in [6.07, 6.45) is 8.21. The van der Waals surface area contributed by atoms with E-state index in [-0.39, 0.29) is 41.2 Å². The van der Waals surface area contributed by atoms with Crippen molar-refractivity contribution >= 4 is 0 Å². The van der Waals surface area contributed by atoms with Crippen LogP contribution in [0, 0.1) is 12.5 Å². The number of nitrogens with zero attached hydrogens (tertiary/aromatic N) is 5. The summed E-state index contributed by atoms with van der Waals surface area (Å²) in [5.41, 5.74) is 3.29. The van der Waals surface area contributed by atoms with Gasteiger partial charge in [0, 0.05) is 64.1 Å². The average molecular weight is 942 g/mol. The third-order valence-electron chi connectivity index (χ3n) is 14.5. The largest absolute Gasteiger partial charge is 0.389 e. The topological polar surface area (TPSA) is 78.0 Å². The first kappa shape index (κ1) is 60.4. The Morgan fingerprint density at radius 1 is 0.478 bits per heavy atom. The van der Waals surface area contributed by atoms with Gasteiger partial charge in [-0.15, -0.1) is 0 Å². The van der Waals surface area contributed by atoms with Gasteiger partial charge in [-0.1, -0.05) is 181 Å². The second kappa shape index (κ2) is 28.8. The van der Waals surface area contributed by atoms with Crippen LogP contribution < -0.4 is 0 Å². The molecule has 0 spiro atoms. The molecule has 4 aliphatic heterocycles. The molecule has 4 aliphatic rings. The molecule has 0 atom stereocenters. The Labute approximate surface area is 420 Å². The first-order valence-corrected chi connectivity index (χ1v) is 23.9. The van der Waals surface area contributed by atoms with Crippen molar-refractivity contribution in [2.45, 2.75) is 110 Å². The van der Waals surface area contributed by atoms with E-state index in [0.29, 0.717) is 0 Å². The fourth-order valence-electron chi connectivity index (χ4n) is 9.86. The molecule has 0 radical (unpaired) electrons. The molecule has 9 rings (SSSR count). The number of likely N-dealkylation sites (tertiary alicyclic amines) is 4. The highest BCUT2D eigenvalue weighted by Gasteiger charge is 2.42. The van der Waals surface area contributed by atoms with E-state index in [1.165, 1.54) is 11.1 Å². The van der Waals surface area contributed by atoms with Crippen molar-refractivity contribution in [2.24, 2.45) is 5.92 Å². The molecule has 0 amide bonds. The molecule has 0 unspecified atom stereocenters. The van der Waals surface area contributed by atoms with Gasteiger partial charge in [-0.25, -0.2) is 6.57 Å². The van der Waals surface area contributed by atoms with Gasteiger partial charge in [0.1, 0.15) is 5.60 Å². The molecular formula is C61H91N5O3. The molecule has 0 bridgehead atoms. The Kier molecular flexibility index (Phi) is 25.3. The number of benzene rings is 5. The molecule has 4 heterocycles. The van der Waals surface area contributed by atoms with Crippen LogP contribution in [0.2, 0.25) is 0 Å². The van der Waals surface area contributed by atoms with E-state index in [1.807, 2.05) is 127 Å². The molecule has 5 aromatic carbocycles. The highest BCUT2D eigenvalue weighted by Crippen LogP contribution is 2.42. The molecule has 0 aliphatic carbocycles. The molecule has 69 heavy (non-hydrogen) atoms. The van der Waals surface area contributed by atoms with Gasteiger partial charge in [-0.05, 0) is 108 Å². The van der Waals surface area contributed by atoms with Crippen LogP contribution in [0.25, 0.3) is 4.85 Å². The maximum absolute atomic E-state index is 11.6. The van der Waals surface area contributed by atoms with E-state index in [9.17, 15) is 15.3 Å². The lowest BCUT2D eigenvalue weighted by atomic mass is 9.72. The minimum atomic E-state index is -0.885. The maximum atomic E-state index is 11.6. The summed E-state index contributed by atoms with van der Waals surface area (Å²) in [6, 6.07) is 50.8. The predicted octanol–water partition coefficient (Wildman–Crippen LogP) is 11.6. The summed E-state index contributed by atoms with van der Waals surface area (Å²) in [5, 5.41) is 32.5. The summed E-state index contributed by atoms with van der Waals surface area (Å²) < 4.78 is 0. The van der Waals surface area contributed by atoms with Gasteiger partial charge in [0.15, 0.2) is 0 Å². The summed E-state index contributed by atoms with van der Waals surface area (Å²) in [5.74, 6) is 0.262. The molecule has 3 N–H and O–H groups in total. The number of hydrogen-bond acceptors (Lipinski definition) is 7. The summed E-state index contributed by atoms with van der Waals surface area (Å²) in [7, 11) is 8.49. The minimum absolute atomic E-state index is 0. The summed E-state index contributed by atoms with van der Waals surface area (Å²) >= 11 is 0. The summed E-state index contributed by atoms with van der Waals surface area (Å²) in [6.45, 7) is 15.6. The van der Waals surface area contributed by atoms with E-state index < -0.39 is 16.8 Å². The molecule has 0 saturated carbocycles. The van der Waals surface area contributed by atoms with Crippen LogP contribution in [0.4, 0.5) is 0 Å². The molecule has 0 aromatic heterocycles. The van der Waals surface area contributed by atoms with E-state index in [2.05, 4.69) is 76.9 Å². The Balaban J connectivity index is 0.000000314. The van der Waals surface area contributed by atoms with Crippen LogP contribution in [-0.4, -0.2) is 121 Å². The van der Waals surface area contributed by atoms with Gasteiger partial charge in [-0.3, -0.25) is 0 Å². The molecule has 8 nitrogen and oxygen atoms in total. The number of piperidine rings is 4. The highest BCUT2D eigenvalue weighted by atomic mass is 16.3. The lowest BCUT2D eigenvalue weighted by Gasteiger charge is -2.41. The number of hydrogen-bond donors (Lipinski definition) is 3. The van der Waals surface area contributed by atoms with Gasteiger partial charge in [0.25, 0.3) is 5.54 Å². The van der Waals surface area contributed by atoms with Crippen molar-refractivity contribution in [1.82, 2.24) is 19.6 Å². The quantitative estimate of drug-likeness (QED) is 0.140. The van der Waals surface area contributed by atoms with Gasteiger partial charge in [-0.2, -0.15) is 0 Å². The van der Waals surface area contributed by atoms with Crippen LogP contribution in [0.3, 0.4) is 0 Å². The second-order valence-corrected chi connectivity index (χ2v) is 19.3. The van der Waals surface area contributed by atoms with Crippen molar-refractivity contribution in [2.75, 3.05) is 80.5 Å². The normalized spacial score (nSPS) is 19.1. The zero-order chi connectivity index (χ0) is 46.2. The van der Waals surface area contributed by atoms with E-state index in [4.69, 9.17) is 6.57 Å². The van der Waals surface area contributed by atoms with Crippen molar-refractivity contribution in [3.63, 3.8) is 0 Å². The fourth-order valence-corrected chi connectivity index (χ4v) is 9.86. The summed E-state index contributed by atoms with van der Waals surface area (Å²) in [4.78, 5) is 13.1. The zero-order valence-corrected chi connectivity index (χ0v) is 39.6. The van der Waals surface area contributed by atoms with Crippen molar-refractivity contribution in [1.29, 1.82) is 0 Å². The zero-order valence-electron chi connectivity index (χ0n) is 39.6. The van der Waals surface area contributed by atoms with Gasteiger partial charge in [0.2, 0.25) is 0 Å². The van der Waals surface area contributed by atoms with Gasteiger partial charge < -0.3 is 39.8 Å². The SMILES string of the molecule is C.C.C.C.CN1CCC(C(O)(c2ccccc2)c2ccccc2)CC1.CN1CCC(O)(Cc2ccccc2)CC1.CN1CCC(O)(c2ccccc2)CC1.[C-]#[N+]C1(c2ccccc2)CCN(C)CC1. The monoisotopic (exact) mass is 942 g/mol. The first-order valence-electron chi connectivity index (χ1n) is 23.9. The van der Waals surface area contributed by atoms with Gasteiger partial charge in [0.05, 0.1) is 11.2 Å². The Bertz CT molecular complexity index is 2080. The standard InChI is InChI=1S/C19H23NO.C13H16N2.C13H19NO.C12H17NO.4CH4/c1-20-14-12-18(13-15-20)19(21,16-8-4-2-5-9-16)17-10-6-3-7-11-17;1-14-13(8-10-15(2)11-9-13)12-6-4-3-5-7-12;1-14-9-7-13(15,8-10-14)11-12-5-3-2-4-6-12;1-13-9-7-12(14,8-10-13)11-5-3-2-4-6-11;;;;/h2-11,18,21H,12-15H2,1H3;3-7H,8-11H2,2H3;2-6,15H,7-11H2,1H3;2-6,14H,7-10H2,1H3;4*1H4. The molecule has 5 aromatic rings. The molecule has 4 fully saturated rings. The van der Waals surface area contributed by atoms with Crippen molar-refractivity contribution < 1.29 is 15.3 Å². The van der Waals surface area contributed by atoms with Crippen LogP contribution >= 0.6 is 0 Å². The lowest BCUT2D eigenvalue weighted by molar-refractivity contribution is -0.0203. The third kappa shape index (κ3) is 16.7. The molecule has 8 heteroatoms. The number of rotatable bonds is 7. The predicted molar refractivity (Wildman–Crippen MR) is 293 cm³/mol. The second-order valence-electron chi connectivity index (χ2n) is 19.3. The third-order valence-corrected chi connectivity index (χ3v) is 14.5. The highest BCUT2D eigenvalue weighted by molar-refractivity contribution is 5.37. The van der Waals surface area contributed by atoms with Gasteiger partial charge >= 0.3 is 0 Å². The Morgan fingerprint density at radius 2 is 0.812 bits per heavy atom. The Morgan fingerprint density at radius 3 is 1.22 bits per heavy atom. The Hall–Kier alpha value is -4.69. The molecule has 378 valence electrons. The van der Waals surface area contributed by atoms with Crippen LogP contribution in [-0.2, 0) is 23.2 Å². The van der Waals surface area contributed by atoms with Crippen LogP contribution in [0.15, 0.2) is 152 Å². The number of aliphatic hydroxyl groups is 3. The fraction of sp³-hybridized carbons (Fsp3) is 0.492. The van der Waals surface area contributed by atoms with E-state index >= 15 is 0 Å². The average Bonchev–Trinajstić information content (AvgIpc) is 3.36. The smallest absolute Gasteiger partial charge is 0.260 e. The molecular weight excluding hydrogens is 851 g/mol.